The van der Waals surface area contributed by atoms with Crippen LogP contribution in [0.4, 0.5) is 13.2 Å². The second-order valence-corrected chi connectivity index (χ2v) is 5.41. The average Bonchev–Trinajstić information content (AvgIpc) is 2.48. The number of methoxy groups -OCH3 is 1. The number of rotatable bonds is 4. The van der Waals surface area contributed by atoms with E-state index in [2.05, 4.69) is 4.90 Å². The fourth-order valence-electron chi connectivity index (χ4n) is 2.42. The van der Waals surface area contributed by atoms with E-state index in [0.29, 0.717) is 13.1 Å². The van der Waals surface area contributed by atoms with Crippen molar-refractivity contribution in [1.82, 2.24) is 9.80 Å². The number of nitrogens with zero attached hydrogens (tertiary/aromatic N) is 2. The topological polar surface area (TPSA) is 32.8 Å². The van der Waals surface area contributed by atoms with Gasteiger partial charge in [0.1, 0.15) is 5.75 Å². The minimum atomic E-state index is -4.58. The van der Waals surface area contributed by atoms with Gasteiger partial charge in [-0.05, 0) is 25.2 Å². The van der Waals surface area contributed by atoms with Gasteiger partial charge in [0.25, 0.3) is 0 Å². The van der Waals surface area contributed by atoms with E-state index < -0.39 is 17.5 Å². The van der Waals surface area contributed by atoms with Crippen molar-refractivity contribution in [3.8, 4) is 5.75 Å². The lowest BCUT2D eigenvalue weighted by atomic mass is 10.0. The van der Waals surface area contributed by atoms with E-state index >= 15 is 0 Å². The molecule has 1 saturated heterocycles. The van der Waals surface area contributed by atoms with Crippen LogP contribution >= 0.6 is 0 Å². The van der Waals surface area contributed by atoms with Gasteiger partial charge >= 0.3 is 6.18 Å². The largest absolute Gasteiger partial charge is 0.497 e. The van der Waals surface area contributed by atoms with Crippen molar-refractivity contribution in [1.29, 1.82) is 0 Å². The van der Waals surface area contributed by atoms with Gasteiger partial charge in [-0.2, -0.15) is 13.2 Å². The maximum absolute atomic E-state index is 13.1. The maximum atomic E-state index is 13.1. The lowest BCUT2D eigenvalue weighted by molar-refractivity contribution is -0.138. The standard InChI is InChI=1S/C15H19F3N2O2/c1-19-5-7-20(8-6-19)10-14(21)12-4-3-11(22-2)9-13(12)15(16,17)18/h3-4,9H,5-8,10H2,1-2H3. The number of hydrogen-bond donors (Lipinski definition) is 0. The smallest absolute Gasteiger partial charge is 0.417 e. The normalized spacial score (nSPS) is 17.5. The third-order valence-electron chi connectivity index (χ3n) is 3.80. The molecule has 0 unspecified atom stereocenters. The van der Waals surface area contributed by atoms with Crippen molar-refractivity contribution in [2.24, 2.45) is 0 Å². The Morgan fingerprint density at radius 3 is 2.41 bits per heavy atom. The van der Waals surface area contributed by atoms with Crippen molar-refractivity contribution in [2.45, 2.75) is 6.18 Å². The summed E-state index contributed by atoms with van der Waals surface area (Å²) in [7, 11) is 3.27. The summed E-state index contributed by atoms with van der Waals surface area (Å²) in [5.41, 5.74) is -1.24. The molecule has 0 N–H and O–H groups in total. The number of alkyl halides is 3. The number of hydrogen-bond acceptors (Lipinski definition) is 4. The number of Topliss-reactive ketones (excluding diaryl/α,β-unsaturated/α-hetero) is 1. The molecule has 0 radical (unpaired) electrons. The monoisotopic (exact) mass is 316 g/mol. The van der Waals surface area contributed by atoms with Crippen LogP contribution in [-0.4, -0.2) is 62.5 Å². The number of piperazine rings is 1. The summed E-state index contributed by atoms with van der Waals surface area (Å²) in [5, 5.41) is 0. The summed E-state index contributed by atoms with van der Waals surface area (Å²) < 4.78 is 44.2. The van der Waals surface area contributed by atoms with Gasteiger partial charge in [0.05, 0.1) is 19.2 Å². The molecule has 1 fully saturated rings. The van der Waals surface area contributed by atoms with Crippen LogP contribution in [0.3, 0.4) is 0 Å². The summed E-state index contributed by atoms with van der Waals surface area (Å²) in [4.78, 5) is 16.3. The highest BCUT2D eigenvalue weighted by Gasteiger charge is 2.36. The molecule has 1 aliphatic heterocycles. The fraction of sp³-hybridized carbons (Fsp3) is 0.533. The molecule has 1 aromatic rings. The van der Waals surface area contributed by atoms with Gasteiger partial charge in [-0.15, -0.1) is 0 Å². The molecule has 2 rings (SSSR count). The molecule has 22 heavy (non-hydrogen) atoms. The SMILES string of the molecule is COc1ccc(C(=O)CN2CCN(C)CC2)c(C(F)(F)F)c1. The van der Waals surface area contributed by atoms with E-state index in [1.165, 1.54) is 19.2 Å². The Bertz CT molecular complexity index is 538. The predicted molar refractivity (Wildman–Crippen MR) is 76.3 cm³/mol. The zero-order valence-corrected chi connectivity index (χ0v) is 12.6. The van der Waals surface area contributed by atoms with Gasteiger partial charge in [0.2, 0.25) is 0 Å². The van der Waals surface area contributed by atoms with Crippen LogP contribution in [-0.2, 0) is 6.18 Å². The number of benzene rings is 1. The molecule has 1 heterocycles. The Morgan fingerprint density at radius 2 is 1.86 bits per heavy atom. The van der Waals surface area contributed by atoms with Crippen molar-refractivity contribution in [3.05, 3.63) is 29.3 Å². The molecule has 0 aliphatic carbocycles. The minimum absolute atomic E-state index is 0.00322. The predicted octanol–water partition coefficient (Wildman–Crippen LogP) is 2.14. The summed E-state index contributed by atoms with van der Waals surface area (Å²) >= 11 is 0. The summed E-state index contributed by atoms with van der Waals surface area (Å²) in [6.45, 7) is 2.98. The average molecular weight is 316 g/mol. The summed E-state index contributed by atoms with van der Waals surface area (Å²) in [6, 6.07) is 3.45. The van der Waals surface area contributed by atoms with Gasteiger partial charge < -0.3 is 9.64 Å². The molecular formula is C15H19F3N2O2. The zero-order valence-electron chi connectivity index (χ0n) is 12.6. The van der Waals surface area contributed by atoms with Gasteiger partial charge in [-0.3, -0.25) is 9.69 Å². The number of likely N-dealkylation sites (N-methyl/N-ethyl adjacent to an activating group) is 1. The van der Waals surface area contributed by atoms with Crippen molar-refractivity contribution >= 4 is 5.78 Å². The third kappa shape index (κ3) is 3.98. The molecule has 0 atom stereocenters. The third-order valence-corrected chi connectivity index (χ3v) is 3.80. The molecule has 0 aromatic heterocycles. The first-order valence-corrected chi connectivity index (χ1v) is 7.00. The van der Waals surface area contributed by atoms with Crippen LogP contribution in [0.1, 0.15) is 15.9 Å². The Morgan fingerprint density at radius 1 is 1.23 bits per heavy atom. The molecule has 7 heteroatoms. The molecule has 0 bridgehead atoms. The Labute approximate surface area is 127 Å². The molecule has 1 aliphatic rings. The zero-order chi connectivity index (χ0) is 16.3. The van der Waals surface area contributed by atoms with Crippen LogP contribution < -0.4 is 4.74 Å². The van der Waals surface area contributed by atoms with E-state index in [1.54, 1.807) is 0 Å². The van der Waals surface area contributed by atoms with Gasteiger partial charge in [-0.1, -0.05) is 0 Å². The lowest BCUT2D eigenvalue weighted by Gasteiger charge is -2.31. The highest BCUT2D eigenvalue weighted by Crippen LogP contribution is 2.34. The van der Waals surface area contributed by atoms with Gasteiger partial charge in [0.15, 0.2) is 5.78 Å². The van der Waals surface area contributed by atoms with Crippen LogP contribution in [0, 0.1) is 0 Å². The highest BCUT2D eigenvalue weighted by molar-refractivity contribution is 5.99. The number of carbonyl (C=O) groups excluding carboxylic acids is 1. The van der Waals surface area contributed by atoms with E-state index in [4.69, 9.17) is 4.74 Å². The lowest BCUT2D eigenvalue weighted by Crippen LogP contribution is -2.46. The Hall–Kier alpha value is -1.60. The molecule has 1 aromatic carbocycles. The van der Waals surface area contributed by atoms with Crippen LogP contribution in [0.5, 0.6) is 5.75 Å². The molecule has 0 amide bonds. The van der Waals surface area contributed by atoms with Crippen molar-refractivity contribution in [2.75, 3.05) is 46.9 Å². The van der Waals surface area contributed by atoms with Crippen LogP contribution in [0.15, 0.2) is 18.2 Å². The second kappa shape index (κ2) is 6.66. The van der Waals surface area contributed by atoms with Crippen molar-refractivity contribution < 1.29 is 22.7 Å². The first-order valence-electron chi connectivity index (χ1n) is 7.00. The number of halogens is 3. The van der Waals surface area contributed by atoms with Crippen molar-refractivity contribution in [3.63, 3.8) is 0 Å². The Balaban J connectivity index is 2.18. The minimum Gasteiger partial charge on any atom is -0.497 e. The Kier molecular flexibility index (Phi) is 5.08. The van der Waals surface area contributed by atoms with E-state index in [1.807, 2.05) is 11.9 Å². The van der Waals surface area contributed by atoms with E-state index in [0.717, 1.165) is 19.2 Å². The molecular weight excluding hydrogens is 297 g/mol. The molecule has 122 valence electrons. The second-order valence-electron chi connectivity index (χ2n) is 5.41. The summed E-state index contributed by atoms with van der Waals surface area (Å²) in [6.07, 6.45) is -4.58. The number of ketones is 1. The molecule has 0 spiro atoms. The van der Waals surface area contributed by atoms with Crippen LogP contribution in [0.2, 0.25) is 0 Å². The van der Waals surface area contributed by atoms with E-state index in [9.17, 15) is 18.0 Å². The first-order chi connectivity index (χ1) is 10.3. The first kappa shape index (κ1) is 16.8. The maximum Gasteiger partial charge on any atom is 0.417 e. The van der Waals surface area contributed by atoms with E-state index in [-0.39, 0.29) is 17.9 Å². The van der Waals surface area contributed by atoms with Crippen LogP contribution in [0.25, 0.3) is 0 Å². The highest BCUT2D eigenvalue weighted by atomic mass is 19.4. The van der Waals surface area contributed by atoms with Gasteiger partial charge in [-0.25, -0.2) is 0 Å². The molecule has 0 saturated carbocycles. The number of carbonyl (C=O) groups is 1. The summed E-state index contributed by atoms with van der Waals surface area (Å²) in [5.74, 6) is -0.428. The number of ether oxygens (including phenoxy) is 1. The van der Waals surface area contributed by atoms with Gasteiger partial charge in [0, 0.05) is 31.7 Å². The fourth-order valence-corrected chi connectivity index (χ4v) is 2.42. The quantitative estimate of drug-likeness (QED) is 0.797. The molecule has 4 nitrogen and oxygen atoms in total.